The van der Waals surface area contributed by atoms with Gasteiger partial charge in [0.2, 0.25) is 5.91 Å². The lowest BCUT2D eigenvalue weighted by Crippen LogP contribution is -2.37. The summed E-state index contributed by atoms with van der Waals surface area (Å²) in [6.07, 6.45) is 2.50. The molecule has 1 rings (SSSR count). The molecule has 0 heterocycles. The molecule has 1 amide bonds. The zero-order valence-electron chi connectivity index (χ0n) is 11.9. The third-order valence-electron chi connectivity index (χ3n) is 3.02. The first-order chi connectivity index (χ1) is 9.21. The largest absolute Gasteiger partial charge is 0.497 e. The number of nitrogens with zero attached hydrogens (tertiary/aromatic N) is 1. The third kappa shape index (κ3) is 5.30. The minimum Gasteiger partial charge on any atom is -0.497 e. The summed E-state index contributed by atoms with van der Waals surface area (Å²) in [6, 6.07) is 7.63. The van der Waals surface area contributed by atoms with Crippen LogP contribution in [0.3, 0.4) is 0 Å². The van der Waals surface area contributed by atoms with Crippen molar-refractivity contribution in [1.29, 1.82) is 0 Å². The number of hydrogen-bond donors (Lipinski definition) is 1. The summed E-state index contributed by atoms with van der Waals surface area (Å²) in [5.74, 6) is 0.913. The number of methoxy groups -OCH3 is 1. The number of benzene rings is 1. The lowest BCUT2D eigenvalue weighted by molar-refractivity contribution is -0.130. The number of amides is 1. The SMILES string of the molecule is CCCCN(CCN)C(=O)Cc1cccc(OC)c1. The molecular formula is C15H24N2O2. The fourth-order valence-corrected chi connectivity index (χ4v) is 1.93. The molecule has 0 aromatic heterocycles. The van der Waals surface area contributed by atoms with Gasteiger partial charge in [0, 0.05) is 19.6 Å². The maximum Gasteiger partial charge on any atom is 0.227 e. The van der Waals surface area contributed by atoms with Crippen LogP contribution in [0.25, 0.3) is 0 Å². The Hall–Kier alpha value is -1.55. The molecule has 0 bridgehead atoms. The topological polar surface area (TPSA) is 55.6 Å². The Morgan fingerprint density at radius 3 is 2.79 bits per heavy atom. The summed E-state index contributed by atoms with van der Waals surface area (Å²) in [5.41, 5.74) is 6.54. The van der Waals surface area contributed by atoms with Crippen LogP contribution in [0.5, 0.6) is 5.75 Å². The molecule has 19 heavy (non-hydrogen) atoms. The minimum atomic E-state index is 0.132. The number of rotatable bonds is 8. The molecule has 0 unspecified atom stereocenters. The molecule has 0 aliphatic rings. The monoisotopic (exact) mass is 264 g/mol. The number of carbonyl (C=O) groups excluding carboxylic acids is 1. The number of carbonyl (C=O) groups is 1. The molecular weight excluding hydrogens is 240 g/mol. The Labute approximate surface area is 115 Å². The molecule has 1 aromatic rings. The van der Waals surface area contributed by atoms with Crippen LogP contribution in [-0.2, 0) is 11.2 Å². The average Bonchev–Trinajstić information content (AvgIpc) is 2.43. The summed E-state index contributed by atoms with van der Waals surface area (Å²) < 4.78 is 5.16. The summed E-state index contributed by atoms with van der Waals surface area (Å²) in [6.45, 7) is 4.04. The normalized spacial score (nSPS) is 10.3. The van der Waals surface area contributed by atoms with Gasteiger partial charge in [-0.25, -0.2) is 0 Å². The fourth-order valence-electron chi connectivity index (χ4n) is 1.93. The molecule has 0 saturated carbocycles. The first-order valence-corrected chi connectivity index (χ1v) is 6.82. The van der Waals surface area contributed by atoms with E-state index in [0.717, 1.165) is 30.7 Å². The molecule has 0 spiro atoms. The van der Waals surface area contributed by atoms with Crippen LogP contribution >= 0.6 is 0 Å². The second-order valence-electron chi connectivity index (χ2n) is 4.55. The summed E-state index contributed by atoms with van der Waals surface area (Å²) in [7, 11) is 1.63. The highest BCUT2D eigenvalue weighted by molar-refractivity contribution is 5.78. The highest BCUT2D eigenvalue weighted by atomic mass is 16.5. The van der Waals surface area contributed by atoms with E-state index in [1.165, 1.54) is 0 Å². The quantitative estimate of drug-likeness (QED) is 0.779. The summed E-state index contributed by atoms with van der Waals surface area (Å²) >= 11 is 0. The van der Waals surface area contributed by atoms with E-state index < -0.39 is 0 Å². The molecule has 0 fully saturated rings. The number of ether oxygens (including phenoxy) is 1. The second kappa shape index (κ2) is 8.53. The van der Waals surface area contributed by atoms with Gasteiger partial charge < -0.3 is 15.4 Å². The maximum absolute atomic E-state index is 12.2. The van der Waals surface area contributed by atoms with Crippen LogP contribution in [0, 0.1) is 0 Å². The van der Waals surface area contributed by atoms with Crippen molar-refractivity contribution in [1.82, 2.24) is 4.90 Å². The van der Waals surface area contributed by atoms with Crippen molar-refractivity contribution in [3.8, 4) is 5.75 Å². The van der Waals surface area contributed by atoms with Crippen molar-refractivity contribution >= 4 is 5.91 Å². The molecule has 4 heteroatoms. The van der Waals surface area contributed by atoms with E-state index >= 15 is 0 Å². The van der Waals surface area contributed by atoms with Gasteiger partial charge in [0.25, 0.3) is 0 Å². The summed E-state index contributed by atoms with van der Waals surface area (Å²) in [5, 5.41) is 0. The van der Waals surface area contributed by atoms with Gasteiger partial charge in [-0.15, -0.1) is 0 Å². The predicted molar refractivity (Wildman–Crippen MR) is 77.2 cm³/mol. The average molecular weight is 264 g/mol. The Kier molecular flexibility index (Phi) is 6.97. The Morgan fingerprint density at radius 2 is 2.16 bits per heavy atom. The summed E-state index contributed by atoms with van der Waals surface area (Å²) in [4.78, 5) is 14.1. The number of hydrogen-bond acceptors (Lipinski definition) is 3. The van der Waals surface area contributed by atoms with Crippen molar-refractivity contribution in [2.45, 2.75) is 26.2 Å². The van der Waals surface area contributed by atoms with E-state index in [2.05, 4.69) is 6.92 Å². The predicted octanol–water partition coefficient (Wildman–Crippen LogP) is 1.83. The van der Waals surface area contributed by atoms with Crippen molar-refractivity contribution in [3.05, 3.63) is 29.8 Å². The first kappa shape index (κ1) is 15.5. The van der Waals surface area contributed by atoms with Gasteiger partial charge in [0.05, 0.1) is 13.5 Å². The van der Waals surface area contributed by atoms with Crippen LogP contribution in [-0.4, -0.2) is 37.6 Å². The number of unbranched alkanes of at least 4 members (excludes halogenated alkanes) is 1. The van der Waals surface area contributed by atoms with Gasteiger partial charge in [0.1, 0.15) is 5.75 Å². The van der Waals surface area contributed by atoms with Gasteiger partial charge in [-0.2, -0.15) is 0 Å². The van der Waals surface area contributed by atoms with Crippen molar-refractivity contribution < 1.29 is 9.53 Å². The highest BCUT2D eigenvalue weighted by Gasteiger charge is 2.13. The first-order valence-electron chi connectivity index (χ1n) is 6.82. The number of nitrogens with two attached hydrogens (primary N) is 1. The maximum atomic E-state index is 12.2. The van der Waals surface area contributed by atoms with Crippen LogP contribution in [0.2, 0.25) is 0 Å². The molecule has 0 radical (unpaired) electrons. The van der Waals surface area contributed by atoms with E-state index in [-0.39, 0.29) is 5.91 Å². The standard InChI is InChI=1S/C15H24N2O2/c1-3-4-9-17(10-8-16)15(18)12-13-6-5-7-14(11-13)19-2/h5-7,11H,3-4,8-10,12,16H2,1-2H3. The van der Waals surface area contributed by atoms with Crippen molar-refractivity contribution in [2.75, 3.05) is 26.7 Å². The lowest BCUT2D eigenvalue weighted by Gasteiger charge is -2.22. The van der Waals surface area contributed by atoms with Crippen molar-refractivity contribution in [2.24, 2.45) is 5.73 Å². The third-order valence-corrected chi connectivity index (χ3v) is 3.02. The second-order valence-corrected chi connectivity index (χ2v) is 4.55. The van der Waals surface area contributed by atoms with E-state index in [9.17, 15) is 4.79 Å². The Bertz CT molecular complexity index is 393. The zero-order chi connectivity index (χ0) is 14.1. The molecule has 0 saturated heterocycles. The molecule has 106 valence electrons. The van der Waals surface area contributed by atoms with E-state index in [1.807, 2.05) is 29.2 Å². The van der Waals surface area contributed by atoms with E-state index in [0.29, 0.717) is 19.5 Å². The van der Waals surface area contributed by atoms with Gasteiger partial charge in [-0.1, -0.05) is 25.5 Å². The van der Waals surface area contributed by atoms with Gasteiger partial charge in [-0.3, -0.25) is 4.79 Å². The molecule has 0 aliphatic heterocycles. The van der Waals surface area contributed by atoms with Crippen LogP contribution < -0.4 is 10.5 Å². The Morgan fingerprint density at radius 1 is 1.37 bits per heavy atom. The molecule has 2 N–H and O–H groups in total. The van der Waals surface area contributed by atoms with Crippen molar-refractivity contribution in [3.63, 3.8) is 0 Å². The molecule has 1 aromatic carbocycles. The zero-order valence-corrected chi connectivity index (χ0v) is 11.9. The smallest absolute Gasteiger partial charge is 0.227 e. The van der Waals surface area contributed by atoms with Crippen LogP contribution in [0.15, 0.2) is 24.3 Å². The molecule has 4 nitrogen and oxygen atoms in total. The van der Waals surface area contributed by atoms with Crippen LogP contribution in [0.1, 0.15) is 25.3 Å². The van der Waals surface area contributed by atoms with E-state index in [1.54, 1.807) is 7.11 Å². The fraction of sp³-hybridized carbons (Fsp3) is 0.533. The van der Waals surface area contributed by atoms with E-state index in [4.69, 9.17) is 10.5 Å². The van der Waals surface area contributed by atoms with Gasteiger partial charge >= 0.3 is 0 Å². The minimum absolute atomic E-state index is 0.132. The molecule has 0 aliphatic carbocycles. The van der Waals surface area contributed by atoms with Gasteiger partial charge in [-0.05, 0) is 24.1 Å². The highest BCUT2D eigenvalue weighted by Crippen LogP contribution is 2.13. The molecule has 0 atom stereocenters. The van der Waals surface area contributed by atoms with Crippen LogP contribution in [0.4, 0.5) is 0 Å². The lowest BCUT2D eigenvalue weighted by atomic mass is 10.1. The Balaban J connectivity index is 2.63. The van der Waals surface area contributed by atoms with Gasteiger partial charge in [0.15, 0.2) is 0 Å².